The lowest BCUT2D eigenvalue weighted by molar-refractivity contribution is 0.812. The Morgan fingerprint density at radius 2 is 2.47 bits per heavy atom. The summed E-state index contributed by atoms with van der Waals surface area (Å²) in [5, 5.41) is 8.94. The van der Waals surface area contributed by atoms with Gasteiger partial charge in [-0.2, -0.15) is 5.26 Å². The van der Waals surface area contributed by atoms with Gasteiger partial charge in [-0.05, 0) is 18.6 Å². The van der Waals surface area contributed by atoms with Crippen molar-refractivity contribution in [1.82, 2.24) is 4.98 Å². The fourth-order valence-electron chi connectivity index (χ4n) is 1.47. The lowest BCUT2D eigenvalue weighted by atomic mass is 10.2. The van der Waals surface area contributed by atoms with E-state index in [0.717, 1.165) is 25.2 Å². The minimum atomic E-state index is 0.479. The van der Waals surface area contributed by atoms with Crippen LogP contribution in [0.2, 0.25) is 0 Å². The summed E-state index contributed by atoms with van der Waals surface area (Å²) in [5.41, 5.74) is 1.37. The van der Waals surface area contributed by atoms with Gasteiger partial charge < -0.3 is 4.90 Å². The van der Waals surface area contributed by atoms with Gasteiger partial charge in [-0.15, -0.1) is 6.58 Å². The second-order valence-corrected chi connectivity index (χ2v) is 3.22. The number of anilines is 1. The van der Waals surface area contributed by atoms with Gasteiger partial charge in [-0.3, -0.25) is 0 Å². The van der Waals surface area contributed by atoms with Crippen LogP contribution in [-0.2, 0) is 0 Å². The normalized spacial score (nSPS) is 9.33. The summed E-state index contributed by atoms with van der Waals surface area (Å²) in [6.45, 7) is 7.48. The Balaban J connectivity index is 2.99. The molecule has 0 N–H and O–H groups in total. The number of hydrogen-bond donors (Lipinski definition) is 0. The van der Waals surface area contributed by atoms with E-state index in [2.05, 4.69) is 29.5 Å². The second-order valence-electron chi connectivity index (χ2n) is 3.22. The minimum Gasteiger partial charge on any atom is -0.365 e. The molecule has 0 saturated carbocycles. The number of pyridine rings is 1. The van der Waals surface area contributed by atoms with Crippen LogP contribution in [0.4, 0.5) is 5.69 Å². The van der Waals surface area contributed by atoms with Gasteiger partial charge in [0.2, 0.25) is 0 Å². The van der Waals surface area contributed by atoms with Gasteiger partial charge in [0, 0.05) is 19.3 Å². The van der Waals surface area contributed by atoms with Crippen LogP contribution in [0.15, 0.2) is 31.0 Å². The fraction of sp³-hybridized carbons (Fsp3) is 0.333. The first-order chi connectivity index (χ1) is 7.33. The molecule has 0 aliphatic carbocycles. The Kier molecular flexibility index (Phi) is 4.36. The van der Waals surface area contributed by atoms with Gasteiger partial charge >= 0.3 is 0 Å². The predicted molar refractivity (Wildman–Crippen MR) is 61.7 cm³/mol. The summed E-state index contributed by atoms with van der Waals surface area (Å²) in [6.07, 6.45) is 4.51. The molecule has 0 spiro atoms. The molecule has 0 saturated heterocycles. The van der Waals surface area contributed by atoms with Gasteiger partial charge in [0.1, 0.15) is 6.07 Å². The largest absolute Gasteiger partial charge is 0.365 e. The van der Waals surface area contributed by atoms with Crippen LogP contribution in [0.1, 0.15) is 19.0 Å². The summed E-state index contributed by atoms with van der Waals surface area (Å²) in [4.78, 5) is 6.16. The number of aromatic nitrogens is 1. The smallest absolute Gasteiger partial charge is 0.163 e. The molecule has 0 aromatic carbocycles. The van der Waals surface area contributed by atoms with Gasteiger partial charge in [0.15, 0.2) is 5.69 Å². The summed E-state index contributed by atoms with van der Waals surface area (Å²) < 4.78 is 0. The molecule has 0 aliphatic rings. The van der Waals surface area contributed by atoms with Crippen molar-refractivity contribution in [3.63, 3.8) is 0 Å². The average Bonchev–Trinajstić information content (AvgIpc) is 2.29. The van der Waals surface area contributed by atoms with E-state index in [1.165, 1.54) is 0 Å². The van der Waals surface area contributed by atoms with Crippen LogP contribution >= 0.6 is 0 Å². The van der Waals surface area contributed by atoms with Crippen LogP contribution in [0.3, 0.4) is 0 Å². The zero-order valence-corrected chi connectivity index (χ0v) is 8.98. The maximum absolute atomic E-state index is 8.94. The Labute approximate surface area is 90.7 Å². The quantitative estimate of drug-likeness (QED) is 0.686. The zero-order chi connectivity index (χ0) is 11.1. The Bertz CT molecular complexity index is 365. The molecular formula is C12H15N3. The van der Waals surface area contributed by atoms with E-state index in [1.54, 1.807) is 6.20 Å². The standard InChI is InChI=1S/C12H15N3/c1-3-8-15(9-4-2)12-6-5-7-14-11(12)10-13/h3,5-7H,1,4,8-9H2,2H3. The van der Waals surface area contributed by atoms with E-state index in [0.29, 0.717) is 5.69 Å². The van der Waals surface area contributed by atoms with Crippen molar-refractivity contribution in [3.8, 4) is 6.07 Å². The van der Waals surface area contributed by atoms with Crippen molar-refractivity contribution < 1.29 is 0 Å². The Morgan fingerprint density at radius 1 is 1.67 bits per heavy atom. The maximum atomic E-state index is 8.94. The molecule has 0 amide bonds. The first-order valence-corrected chi connectivity index (χ1v) is 5.04. The third-order valence-corrected chi connectivity index (χ3v) is 2.08. The Morgan fingerprint density at radius 3 is 3.07 bits per heavy atom. The average molecular weight is 201 g/mol. The van der Waals surface area contributed by atoms with E-state index in [9.17, 15) is 0 Å². The monoisotopic (exact) mass is 201 g/mol. The fourth-order valence-corrected chi connectivity index (χ4v) is 1.47. The first-order valence-electron chi connectivity index (χ1n) is 5.04. The summed E-state index contributed by atoms with van der Waals surface area (Å²) in [5.74, 6) is 0. The van der Waals surface area contributed by atoms with E-state index in [4.69, 9.17) is 5.26 Å². The first kappa shape index (κ1) is 11.3. The molecule has 1 rings (SSSR count). The number of hydrogen-bond acceptors (Lipinski definition) is 3. The van der Waals surface area contributed by atoms with E-state index in [1.807, 2.05) is 18.2 Å². The van der Waals surface area contributed by atoms with Crippen molar-refractivity contribution >= 4 is 5.69 Å². The maximum Gasteiger partial charge on any atom is 0.163 e. The van der Waals surface area contributed by atoms with Crippen molar-refractivity contribution in [2.45, 2.75) is 13.3 Å². The molecule has 0 fully saturated rings. The third kappa shape index (κ3) is 2.81. The molecule has 78 valence electrons. The van der Waals surface area contributed by atoms with E-state index < -0.39 is 0 Å². The summed E-state index contributed by atoms with van der Waals surface area (Å²) in [6, 6.07) is 5.88. The molecule has 3 heteroatoms. The summed E-state index contributed by atoms with van der Waals surface area (Å²) in [7, 11) is 0. The lowest BCUT2D eigenvalue weighted by Crippen LogP contribution is -2.25. The highest BCUT2D eigenvalue weighted by Gasteiger charge is 2.09. The van der Waals surface area contributed by atoms with Crippen LogP contribution in [0, 0.1) is 11.3 Å². The van der Waals surface area contributed by atoms with Gasteiger partial charge in [0.05, 0.1) is 5.69 Å². The van der Waals surface area contributed by atoms with Gasteiger partial charge in [0.25, 0.3) is 0 Å². The van der Waals surface area contributed by atoms with Crippen molar-refractivity contribution in [2.24, 2.45) is 0 Å². The number of nitriles is 1. The second kappa shape index (κ2) is 5.82. The highest BCUT2D eigenvalue weighted by Crippen LogP contribution is 2.17. The molecule has 1 heterocycles. The number of rotatable bonds is 5. The highest BCUT2D eigenvalue weighted by molar-refractivity contribution is 5.55. The van der Waals surface area contributed by atoms with Crippen molar-refractivity contribution in [3.05, 3.63) is 36.7 Å². The van der Waals surface area contributed by atoms with E-state index >= 15 is 0 Å². The van der Waals surface area contributed by atoms with Crippen molar-refractivity contribution in [1.29, 1.82) is 5.26 Å². The SMILES string of the molecule is C=CCN(CCC)c1cccnc1C#N. The predicted octanol–water partition coefficient (Wildman–Crippen LogP) is 2.36. The molecule has 1 aromatic heterocycles. The molecule has 0 bridgehead atoms. The van der Waals surface area contributed by atoms with Gasteiger partial charge in [-0.25, -0.2) is 4.98 Å². The number of nitrogens with zero attached hydrogens (tertiary/aromatic N) is 3. The molecular weight excluding hydrogens is 186 g/mol. The minimum absolute atomic E-state index is 0.479. The van der Waals surface area contributed by atoms with Crippen LogP contribution in [0.25, 0.3) is 0 Å². The molecule has 3 nitrogen and oxygen atoms in total. The summed E-state index contributed by atoms with van der Waals surface area (Å²) >= 11 is 0. The lowest BCUT2D eigenvalue weighted by Gasteiger charge is -2.22. The Hall–Kier alpha value is -1.82. The highest BCUT2D eigenvalue weighted by atomic mass is 15.1. The van der Waals surface area contributed by atoms with Crippen LogP contribution in [0.5, 0.6) is 0 Å². The molecule has 1 aromatic rings. The molecule has 0 aliphatic heterocycles. The van der Waals surface area contributed by atoms with Crippen molar-refractivity contribution in [2.75, 3.05) is 18.0 Å². The zero-order valence-electron chi connectivity index (χ0n) is 8.98. The van der Waals surface area contributed by atoms with Crippen LogP contribution < -0.4 is 4.90 Å². The van der Waals surface area contributed by atoms with E-state index in [-0.39, 0.29) is 0 Å². The topological polar surface area (TPSA) is 39.9 Å². The molecule has 0 radical (unpaired) electrons. The molecule has 15 heavy (non-hydrogen) atoms. The molecule has 0 atom stereocenters. The third-order valence-electron chi connectivity index (χ3n) is 2.08. The van der Waals surface area contributed by atoms with Gasteiger partial charge in [-0.1, -0.05) is 13.0 Å². The van der Waals surface area contributed by atoms with Crippen LogP contribution in [-0.4, -0.2) is 18.1 Å². The molecule has 0 unspecified atom stereocenters.